The molecule has 0 fully saturated rings. The summed E-state index contributed by atoms with van der Waals surface area (Å²) in [5, 5.41) is 3.19. The zero-order valence-electron chi connectivity index (χ0n) is 10.5. The maximum absolute atomic E-state index is 10.6. The van der Waals surface area contributed by atoms with Crippen molar-refractivity contribution in [3.63, 3.8) is 0 Å². The smallest absolute Gasteiger partial charge is 0.302 e. The molecule has 0 unspecified atom stereocenters. The summed E-state index contributed by atoms with van der Waals surface area (Å²) in [6.45, 7) is 8.71. The number of rotatable bonds is 4. The summed E-state index contributed by atoms with van der Waals surface area (Å²) in [5.74, 6) is -0.249. The number of anilines is 1. The fraction of sp³-hybridized carbons (Fsp3) is 0.462. The Balaban J connectivity index is 0. The van der Waals surface area contributed by atoms with Gasteiger partial charge in [0.25, 0.3) is 0 Å². The Labute approximate surface area is 99.3 Å². The molecule has 0 aliphatic carbocycles. The number of carbonyl (C=O) groups excluding carboxylic acids is 1. The predicted octanol–water partition coefficient (Wildman–Crippen LogP) is 3.45. The van der Waals surface area contributed by atoms with Gasteiger partial charge in [0, 0.05) is 20.6 Å². The summed E-state index contributed by atoms with van der Waals surface area (Å²) in [6.07, 6.45) is 0. The first kappa shape index (κ1) is 14.5. The van der Waals surface area contributed by atoms with Gasteiger partial charge in [-0.15, -0.1) is 0 Å². The van der Waals surface area contributed by atoms with Crippen LogP contribution in [0.4, 0.5) is 5.69 Å². The van der Waals surface area contributed by atoms with Crippen LogP contribution < -0.4 is 5.32 Å². The van der Waals surface area contributed by atoms with Gasteiger partial charge in [0.05, 0.1) is 0 Å². The molecule has 0 aliphatic rings. The van der Waals surface area contributed by atoms with Gasteiger partial charge in [0.15, 0.2) is 0 Å². The first-order chi connectivity index (χ1) is 7.72. The maximum atomic E-state index is 10.6. The molecule has 0 atom stereocenters. The number of nitrogens with one attached hydrogen (secondary N) is 1. The third-order valence-corrected chi connectivity index (χ3v) is 1.78. The largest absolute Gasteiger partial charge is 0.461 e. The van der Waals surface area contributed by atoms with Crippen LogP contribution in [-0.2, 0) is 16.1 Å². The molecule has 3 heteroatoms. The Morgan fingerprint density at radius 2 is 1.88 bits per heavy atom. The molecule has 92 valence electrons. The van der Waals surface area contributed by atoms with E-state index in [1.165, 1.54) is 6.92 Å². The number of hydrogen-bond acceptors (Lipinski definition) is 3. The highest BCUT2D eigenvalue weighted by Crippen LogP contribution is 2.09. The van der Waals surface area contributed by atoms with Gasteiger partial charge in [-0.2, -0.15) is 0 Å². The highest BCUT2D eigenvalue weighted by Gasteiger charge is 1.96. The van der Waals surface area contributed by atoms with Crippen molar-refractivity contribution in [2.75, 3.05) is 11.9 Å². The second-order valence-electron chi connectivity index (χ2n) is 3.01. The first-order valence-corrected chi connectivity index (χ1v) is 5.68. The molecule has 0 spiro atoms. The van der Waals surface area contributed by atoms with Gasteiger partial charge in [-0.1, -0.05) is 26.0 Å². The Bertz CT molecular complexity index is 299. The highest BCUT2D eigenvalue weighted by molar-refractivity contribution is 5.65. The Kier molecular flexibility index (Phi) is 7.94. The van der Waals surface area contributed by atoms with E-state index in [1.54, 1.807) is 0 Å². The molecular formula is C13H23NO2. The lowest BCUT2D eigenvalue weighted by molar-refractivity contribution is -0.142. The van der Waals surface area contributed by atoms with Crippen LogP contribution in [0.3, 0.4) is 0 Å². The van der Waals surface area contributed by atoms with Crippen molar-refractivity contribution in [3.8, 4) is 0 Å². The molecule has 0 heterocycles. The summed E-state index contributed by atoms with van der Waals surface area (Å²) in [4.78, 5) is 10.6. The molecule has 0 bridgehead atoms. The zero-order chi connectivity index (χ0) is 12.4. The van der Waals surface area contributed by atoms with Crippen molar-refractivity contribution in [2.24, 2.45) is 0 Å². The van der Waals surface area contributed by atoms with Crippen molar-refractivity contribution in [3.05, 3.63) is 29.8 Å². The van der Waals surface area contributed by atoms with E-state index in [0.717, 1.165) is 17.8 Å². The summed E-state index contributed by atoms with van der Waals surface area (Å²) in [7, 11) is 0. The quantitative estimate of drug-likeness (QED) is 0.797. The Morgan fingerprint density at radius 1 is 1.31 bits per heavy atom. The van der Waals surface area contributed by atoms with E-state index in [-0.39, 0.29) is 7.40 Å². The number of benzene rings is 1. The standard InChI is InChI=1S/C11H15NO2.C2H6.H2/c1-3-12-11-6-4-10(5-7-11)8-14-9(2)13;1-2;/h4-7,12H,3,8H2,1-2H3;1-2H3;1H. The molecule has 1 N–H and O–H groups in total. The van der Waals surface area contributed by atoms with E-state index in [0.29, 0.717) is 6.61 Å². The van der Waals surface area contributed by atoms with E-state index < -0.39 is 0 Å². The van der Waals surface area contributed by atoms with Crippen LogP contribution in [0.15, 0.2) is 24.3 Å². The van der Waals surface area contributed by atoms with Gasteiger partial charge < -0.3 is 10.1 Å². The summed E-state index contributed by atoms with van der Waals surface area (Å²) in [6, 6.07) is 7.84. The topological polar surface area (TPSA) is 38.3 Å². The predicted molar refractivity (Wildman–Crippen MR) is 69.5 cm³/mol. The summed E-state index contributed by atoms with van der Waals surface area (Å²) < 4.78 is 4.87. The lowest BCUT2D eigenvalue weighted by Gasteiger charge is -2.05. The van der Waals surface area contributed by atoms with Crippen LogP contribution >= 0.6 is 0 Å². The van der Waals surface area contributed by atoms with Gasteiger partial charge in [0.1, 0.15) is 6.61 Å². The van der Waals surface area contributed by atoms with Crippen molar-refractivity contribution >= 4 is 11.7 Å². The molecule has 1 rings (SSSR count). The minimum absolute atomic E-state index is 0. The third kappa shape index (κ3) is 6.06. The Morgan fingerprint density at radius 3 is 2.31 bits per heavy atom. The summed E-state index contributed by atoms with van der Waals surface area (Å²) in [5.41, 5.74) is 2.08. The van der Waals surface area contributed by atoms with Crippen molar-refractivity contribution in [2.45, 2.75) is 34.3 Å². The molecule has 1 aromatic rings. The van der Waals surface area contributed by atoms with Crippen LogP contribution in [-0.4, -0.2) is 12.5 Å². The average molecular weight is 225 g/mol. The van der Waals surface area contributed by atoms with Gasteiger partial charge in [-0.05, 0) is 24.6 Å². The van der Waals surface area contributed by atoms with Crippen LogP contribution in [0.5, 0.6) is 0 Å². The minimum Gasteiger partial charge on any atom is -0.461 e. The SMILES string of the molecule is CC.CCNc1ccc(COC(C)=O)cc1.[HH]. The van der Waals surface area contributed by atoms with Crippen molar-refractivity contribution in [1.82, 2.24) is 0 Å². The van der Waals surface area contributed by atoms with E-state index in [2.05, 4.69) is 5.32 Å². The molecule has 0 saturated carbocycles. The molecule has 0 aliphatic heterocycles. The molecular weight excluding hydrogens is 202 g/mol. The van der Waals surface area contributed by atoms with Crippen LogP contribution in [0.2, 0.25) is 0 Å². The molecule has 0 amide bonds. The number of carbonyl (C=O) groups is 1. The fourth-order valence-electron chi connectivity index (χ4n) is 1.11. The highest BCUT2D eigenvalue weighted by atomic mass is 16.5. The van der Waals surface area contributed by atoms with Gasteiger partial charge in [-0.25, -0.2) is 0 Å². The molecule has 0 saturated heterocycles. The van der Waals surface area contributed by atoms with E-state index in [9.17, 15) is 4.79 Å². The van der Waals surface area contributed by atoms with Gasteiger partial charge in [0.2, 0.25) is 0 Å². The van der Waals surface area contributed by atoms with Crippen LogP contribution in [0.1, 0.15) is 34.7 Å². The molecule has 16 heavy (non-hydrogen) atoms. The summed E-state index contributed by atoms with van der Waals surface area (Å²) >= 11 is 0. The van der Waals surface area contributed by atoms with Crippen molar-refractivity contribution < 1.29 is 11.0 Å². The normalized spacial score (nSPS) is 8.75. The zero-order valence-corrected chi connectivity index (χ0v) is 10.5. The third-order valence-electron chi connectivity index (χ3n) is 1.78. The number of esters is 1. The average Bonchev–Trinajstić information content (AvgIpc) is 2.31. The van der Waals surface area contributed by atoms with E-state index >= 15 is 0 Å². The molecule has 0 radical (unpaired) electrons. The number of hydrogen-bond donors (Lipinski definition) is 1. The van der Waals surface area contributed by atoms with Gasteiger partial charge >= 0.3 is 5.97 Å². The first-order valence-electron chi connectivity index (χ1n) is 5.68. The van der Waals surface area contributed by atoms with Crippen LogP contribution in [0.25, 0.3) is 0 Å². The second-order valence-corrected chi connectivity index (χ2v) is 3.01. The van der Waals surface area contributed by atoms with Gasteiger partial charge in [-0.3, -0.25) is 4.79 Å². The van der Waals surface area contributed by atoms with Crippen LogP contribution in [0, 0.1) is 0 Å². The Hall–Kier alpha value is -1.51. The van der Waals surface area contributed by atoms with Crippen molar-refractivity contribution in [1.29, 1.82) is 0 Å². The monoisotopic (exact) mass is 225 g/mol. The molecule has 1 aromatic carbocycles. The van der Waals surface area contributed by atoms with E-state index in [4.69, 9.17) is 4.74 Å². The lowest BCUT2D eigenvalue weighted by atomic mass is 10.2. The minimum atomic E-state index is -0.249. The van der Waals surface area contributed by atoms with E-state index in [1.807, 2.05) is 45.0 Å². The fourth-order valence-corrected chi connectivity index (χ4v) is 1.11. The number of ether oxygens (including phenoxy) is 1. The maximum Gasteiger partial charge on any atom is 0.302 e. The second kappa shape index (κ2) is 8.77. The molecule has 0 aromatic heterocycles. The molecule has 3 nitrogen and oxygen atoms in total. The lowest BCUT2D eigenvalue weighted by Crippen LogP contribution is -1.99.